The summed E-state index contributed by atoms with van der Waals surface area (Å²) in [6.07, 6.45) is -0.108. The first kappa shape index (κ1) is 16.1. The highest BCUT2D eigenvalue weighted by Crippen LogP contribution is 2.15. The lowest BCUT2D eigenvalue weighted by atomic mass is 10.0. The topological polar surface area (TPSA) is 64.6 Å². The van der Waals surface area contributed by atoms with E-state index in [2.05, 4.69) is 5.32 Å². The van der Waals surface area contributed by atoms with E-state index in [9.17, 15) is 9.59 Å². The number of hydrogen-bond acceptors (Lipinski definition) is 4. The highest BCUT2D eigenvalue weighted by molar-refractivity contribution is 5.73. The van der Waals surface area contributed by atoms with Crippen molar-refractivity contribution < 1.29 is 19.1 Å². The SMILES string of the molecule is O=C(Cc1ccccc1)OC[C@H]1OC(=O)N[C@@H]1Cc1ccccc1. The van der Waals surface area contributed by atoms with E-state index in [0.29, 0.717) is 6.42 Å². The van der Waals surface area contributed by atoms with E-state index < -0.39 is 12.2 Å². The third-order valence-electron chi connectivity index (χ3n) is 3.91. The van der Waals surface area contributed by atoms with Crippen LogP contribution in [0.15, 0.2) is 60.7 Å². The molecule has 0 unspecified atom stereocenters. The van der Waals surface area contributed by atoms with Crippen LogP contribution in [0.5, 0.6) is 0 Å². The van der Waals surface area contributed by atoms with Gasteiger partial charge >= 0.3 is 12.1 Å². The Balaban J connectivity index is 1.53. The fraction of sp³-hybridized carbons (Fsp3) is 0.263. The number of rotatable bonds is 6. The van der Waals surface area contributed by atoms with Crippen LogP contribution in [0.2, 0.25) is 0 Å². The van der Waals surface area contributed by atoms with E-state index in [1.54, 1.807) is 0 Å². The molecule has 2 aromatic rings. The van der Waals surface area contributed by atoms with Crippen molar-refractivity contribution in [3.8, 4) is 0 Å². The number of amides is 1. The lowest BCUT2D eigenvalue weighted by Crippen LogP contribution is -2.36. The summed E-state index contributed by atoms with van der Waals surface area (Å²) in [7, 11) is 0. The molecule has 0 spiro atoms. The third kappa shape index (κ3) is 4.35. The maximum Gasteiger partial charge on any atom is 0.407 e. The second kappa shape index (κ2) is 7.64. The molecular weight excluding hydrogens is 306 g/mol. The van der Waals surface area contributed by atoms with Crippen LogP contribution in [0.3, 0.4) is 0 Å². The van der Waals surface area contributed by atoms with Crippen LogP contribution in [-0.2, 0) is 27.1 Å². The second-order valence-corrected chi connectivity index (χ2v) is 5.73. The highest BCUT2D eigenvalue weighted by atomic mass is 16.6. The van der Waals surface area contributed by atoms with Crippen molar-refractivity contribution in [2.45, 2.75) is 25.0 Å². The molecule has 0 aromatic heterocycles. The molecule has 1 fully saturated rings. The molecular formula is C19H19NO4. The van der Waals surface area contributed by atoms with E-state index in [1.165, 1.54) is 0 Å². The number of ether oxygens (including phenoxy) is 2. The van der Waals surface area contributed by atoms with Gasteiger partial charge in [-0.2, -0.15) is 0 Å². The lowest BCUT2D eigenvalue weighted by molar-refractivity contribution is -0.145. The first-order valence-electron chi connectivity index (χ1n) is 7.91. The van der Waals surface area contributed by atoms with E-state index in [-0.39, 0.29) is 25.0 Å². The maximum atomic E-state index is 11.9. The largest absolute Gasteiger partial charge is 0.461 e. The van der Waals surface area contributed by atoms with Crippen LogP contribution in [0.4, 0.5) is 4.79 Å². The number of hydrogen-bond donors (Lipinski definition) is 1. The lowest BCUT2D eigenvalue weighted by Gasteiger charge is -2.17. The monoisotopic (exact) mass is 325 g/mol. The standard InChI is InChI=1S/C19H19NO4/c21-18(12-15-9-5-2-6-10-15)23-13-17-16(20-19(22)24-17)11-14-7-3-1-4-8-14/h1-10,16-17H,11-13H2,(H,20,22)/t16-,17-/m1/s1. The van der Waals surface area contributed by atoms with Crippen molar-refractivity contribution in [2.75, 3.05) is 6.61 Å². The van der Waals surface area contributed by atoms with Gasteiger partial charge in [-0.3, -0.25) is 4.79 Å². The van der Waals surface area contributed by atoms with Crippen LogP contribution in [-0.4, -0.2) is 30.8 Å². The molecule has 1 amide bonds. The Kier molecular flexibility index (Phi) is 5.11. The van der Waals surface area contributed by atoms with Crippen LogP contribution in [0.1, 0.15) is 11.1 Å². The zero-order valence-electron chi connectivity index (χ0n) is 13.2. The number of esters is 1. The Hall–Kier alpha value is -2.82. The van der Waals surface area contributed by atoms with E-state index in [1.807, 2.05) is 60.7 Å². The predicted molar refractivity (Wildman–Crippen MR) is 88.4 cm³/mol. The average molecular weight is 325 g/mol. The molecule has 5 nitrogen and oxygen atoms in total. The van der Waals surface area contributed by atoms with Crippen LogP contribution >= 0.6 is 0 Å². The highest BCUT2D eigenvalue weighted by Gasteiger charge is 2.34. The Bertz CT molecular complexity index is 687. The minimum atomic E-state index is -0.475. The van der Waals surface area contributed by atoms with Crippen molar-refractivity contribution in [3.05, 3.63) is 71.8 Å². The van der Waals surface area contributed by atoms with Crippen molar-refractivity contribution in [1.29, 1.82) is 0 Å². The predicted octanol–water partition coefficient (Wildman–Crippen LogP) is 2.49. The minimum Gasteiger partial charge on any atom is -0.461 e. The Morgan fingerprint density at radius 2 is 1.62 bits per heavy atom. The van der Waals surface area contributed by atoms with Gasteiger partial charge in [0.05, 0.1) is 12.5 Å². The van der Waals surface area contributed by atoms with Crippen LogP contribution in [0.25, 0.3) is 0 Å². The minimum absolute atomic E-state index is 0.0574. The maximum absolute atomic E-state index is 11.9. The van der Waals surface area contributed by atoms with Gasteiger partial charge in [-0.15, -0.1) is 0 Å². The summed E-state index contributed by atoms with van der Waals surface area (Å²) < 4.78 is 10.5. The molecule has 1 heterocycles. The summed E-state index contributed by atoms with van der Waals surface area (Å²) in [4.78, 5) is 23.4. The van der Waals surface area contributed by atoms with Gasteiger partial charge in [-0.1, -0.05) is 60.7 Å². The number of alkyl carbamates (subject to hydrolysis) is 1. The van der Waals surface area contributed by atoms with Crippen LogP contribution < -0.4 is 5.32 Å². The van der Waals surface area contributed by atoms with E-state index >= 15 is 0 Å². The summed E-state index contributed by atoms with van der Waals surface area (Å²) in [5.74, 6) is -0.331. The molecule has 1 aliphatic rings. The fourth-order valence-corrected chi connectivity index (χ4v) is 2.69. The summed E-state index contributed by atoms with van der Waals surface area (Å²) in [6, 6.07) is 19.0. The summed E-state index contributed by atoms with van der Waals surface area (Å²) in [5.41, 5.74) is 1.98. The van der Waals surface area contributed by atoms with Gasteiger partial charge < -0.3 is 14.8 Å². The molecule has 0 bridgehead atoms. The van der Waals surface area contributed by atoms with Gasteiger partial charge in [0.25, 0.3) is 0 Å². The van der Waals surface area contributed by atoms with E-state index in [0.717, 1.165) is 11.1 Å². The Morgan fingerprint density at radius 1 is 1.00 bits per heavy atom. The Labute approximate surface area is 140 Å². The summed E-state index contributed by atoms with van der Waals surface area (Å²) in [6.45, 7) is 0.0574. The zero-order chi connectivity index (χ0) is 16.8. The van der Waals surface area contributed by atoms with Gasteiger partial charge in [-0.25, -0.2) is 4.79 Å². The molecule has 0 radical (unpaired) electrons. The molecule has 1 N–H and O–H groups in total. The van der Waals surface area contributed by atoms with Crippen molar-refractivity contribution >= 4 is 12.1 Å². The van der Waals surface area contributed by atoms with Gasteiger partial charge in [-0.05, 0) is 17.5 Å². The smallest absolute Gasteiger partial charge is 0.407 e. The van der Waals surface area contributed by atoms with Crippen molar-refractivity contribution in [2.24, 2.45) is 0 Å². The third-order valence-corrected chi connectivity index (χ3v) is 3.91. The molecule has 1 saturated heterocycles. The van der Waals surface area contributed by atoms with Crippen LogP contribution in [0, 0.1) is 0 Å². The van der Waals surface area contributed by atoms with Gasteiger partial charge in [0.15, 0.2) is 6.10 Å². The fourth-order valence-electron chi connectivity index (χ4n) is 2.69. The molecule has 2 aromatic carbocycles. The summed E-state index contributed by atoms with van der Waals surface area (Å²) >= 11 is 0. The Morgan fingerprint density at radius 3 is 2.29 bits per heavy atom. The average Bonchev–Trinajstić information content (AvgIpc) is 2.94. The van der Waals surface area contributed by atoms with Gasteiger partial charge in [0.1, 0.15) is 6.61 Å². The van der Waals surface area contributed by atoms with Crippen molar-refractivity contribution in [1.82, 2.24) is 5.32 Å². The number of carbonyl (C=O) groups excluding carboxylic acids is 2. The molecule has 1 aliphatic heterocycles. The van der Waals surface area contributed by atoms with Crippen molar-refractivity contribution in [3.63, 3.8) is 0 Å². The van der Waals surface area contributed by atoms with Gasteiger partial charge in [0.2, 0.25) is 0 Å². The summed E-state index contributed by atoms with van der Waals surface area (Å²) in [5, 5.41) is 2.77. The number of cyclic esters (lactones) is 1. The first-order chi connectivity index (χ1) is 11.7. The molecule has 0 saturated carbocycles. The molecule has 0 aliphatic carbocycles. The first-order valence-corrected chi connectivity index (χ1v) is 7.91. The second-order valence-electron chi connectivity index (χ2n) is 5.73. The molecule has 5 heteroatoms. The molecule has 2 atom stereocenters. The zero-order valence-corrected chi connectivity index (χ0v) is 13.2. The normalized spacial score (nSPS) is 19.4. The number of nitrogens with one attached hydrogen (secondary N) is 1. The molecule has 124 valence electrons. The number of carbonyl (C=O) groups is 2. The van der Waals surface area contributed by atoms with E-state index in [4.69, 9.17) is 9.47 Å². The number of benzene rings is 2. The molecule has 24 heavy (non-hydrogen) atoms. The quantitative estimate of drug-likeness (QED) is 0.829. The molecule has 3 rings (SSSR count). The van der Waals surface area contributed by atoms with Gasteiger partial charge in [0, 0.05) is 0 Å².